The monoisotopic (exact) mass is 225 g/mol. The van der Waals surface area contributed by atoms with Gasteiger partial charge in [0.05, 0.1) is 6.61 Å². The maximum Gasteiger partial charge on any atom is 0.0510 e. The zero-order valence-electron chi connectivity index (χ0n) is 10.9. The van der Waals surface area contributed by atoms with Gasteiger partial charge in [-0.25, -0.2) is 0 Å². The molecular weight excluding hydrogens is 198 g/mol. The Bertz CT molecular complexity index is 205. The van der Waals surface area contributed by atoms with Crippen LogP contribution in [0.5, 0.6) is 0 Å². The van der Waals surface area contributed by atoms with E-state index in [1.54, 1.807) is 0 Å². The second-order valence-corrected chi connectivity index (χ2v) is 5.92. The first-order valence-electron chi connectivity index (χ1n) is 7.07. The highest BCUT2D eigenvalue weighted by molar-refractivity contribution is 4.96. The largest absolute Gasteiger partial charge is 0.381 e. The molecule has 2 atom stereocenters. The van der Waals surface area contributed by atoms with Crippen molar-refractivity contribution in [3.05, 3.63) is 0 Å². The summed E-state index contributed by atoms with van der Waals surface area (Å²) in [5.74, 6) is 0.759. The van der Waals surface area contributed by atoms with Crippen molar-refractivity contribution in [1.29, 1.82) is 0 Å². The fraction of sp³-hybridized carbons (Fsp3) is 1.00. The fourth-order valence-corrected chi connectivity index (χ4v) is 3.59. The summed E-state index contributed by atoms with van der Waals surface area (Å²) in [7, 11) is 0. The van der Waals surface area contributed by atoms with Gasteiger partial charge < -0.3 is 10.1 Å². The van der Waals surface area contributed by atoms with Crippen LogP contribution in [0.25, 0.3) is 0 Å². The Kier molecular flexibility index (Phi) is 4.26. The molecule has 2 fully saturated rings. The second-order valence-electron chi connectivity index (χ2n) is 5.92. The third-order valence-corrected chi connectivity index (χ3v) is 4.55. The lowest BCUT2D eigenvalue weighted by molar-refractivity contribution is 0.128. The molecule has 0 aromatic rings. The molecule has 0 bridgehead atoms. The molecule has 0 aromatic heterocycles. The number of nitrogens with one attached hydrogen (secondary N) is 1. The molecule has 2 rings (SSSR count). The van der Waals surface area contributed by atoms with Gasteiger partial charge in [-0.1, -0.05) is 26.7 Å². The first-order chi connectivity index (χ1) is 7.76. The van der Waals surface area contributed by atoms with Gasteiger partial charge in [0.15, 0.2) is 0 Å². The minimum absolute atomic E-state index is 0.535. The van der Waals surface area contributed by atoms with Crippen LogP contribution in [0.1, 0.15) is 52.4 Å². The van der Waals surface area contributed by atoms with Crippen LogP contribution in [0.2, 0.25) is 0 Å². The van der Waals surface area contributed by atoms with Gasteiger partial charge in [0.1, 0.15) is 0 Å². The van der Waals surface area contributed by atoms with Crippen molar-refractivity contribution in [2.75, 3.05) is 19.8 Å². The number of ether oxygens (including phenoxy) is 1. The lowest BCUT2D eigenvalue weighted by Crippen LogP contribution is -2.48. The van der Waals surface area contributed by atoms with Crippen molar-refractivity contribution in [3.8, 4) is 0 Å². The van der Waals surface area contributed by atoms with Crippen LogP contribution in [0, 0.1) is 11.3 Å². The van der Waals surface area contributed by atoms with Crippen LogP contribution in [-0.2, 0) is 4.74 Å². The summed E-state index contributed by atoms with van der Waals surface area (Å²) in [6, 6.07) is 0.692. The molecule has 2 nitrogen and oxygen atoms in total. The molecule has 0 amide bonds. The van der Waals surface area contributed by atoms with Gasteiger partial charge >= 0.3 is 0 Å². The highest BCUT2D eigenvalue weighted by Crippen LogP contribution is 2.44. The van der Waals surface area contributed by atoms with Crippen LogP contribution in [0.15, 0.2) is 0 Å². The Labute approximate surface area is 100 Å². The SMILES string of the molecule is CCCNC(C1CCOC1)C1(C)CCCC1. The first-order valence-corrected chi connectivity index (χ1v) is 7.07. The van der Waals surface area contributed by atoms with Crippen LogP contribution >= 0.6 is 0 Å². The van der Waals surface area contributed by atoms with Gasteiger partial charge in [0.2, 0.25) is 0 Å². The third kappa shape index (κ3) is 2.60. The minimum Gasteiger partial charge on any atom is -0.381 e. The van der Waals surface area contributed by atoms with Crippen molar-refractivity contribution in [3.63, 3.8) is 0 Å². The van der Waals surface area contributed by atoms with Gasteiger partial charge in [-0.3, -0.25) is 0 Å². The highest BCUT2D eigenvalue weighted by atomic mass is 16.5. The molecule has 94 valence electrons. The van der Waals surface area contributed by atoms with Gasteiger partial charge in [-0.15, -0.1) is 0 Å². The summed E-state index contributed by atoms with van der Waals surface area (Å²) >= 11 is 0. The zero-order valence-corrected chi connectivity index (χ0v) is 10.9. The summed E-state index contributed by atoms with van der Waals surface area (Å²) in [6.07, 6.45) is 8.16. The molecule has 1 saturated heterocycles. The van der Waals surface area contributed by atoms with Crippen LogP contribution in [0.4, 0.5) is 0 Å². The minimum atomic E-state index is 0.535. The Morgan fingerprint density at radius 3 is 2.69 bits per heavy atom. The average molecular weight is 225 g/mol. The second kappa shape index (κ2) is 5.50. The first kappa shape index (κ1) is 12.4. The summed E-state index contributed by atoms with van der Waals surface area (Å²) in [5.41, 5.74) is 0.535. The summed E-state index contributed by atoms with van der Waals surface area (Å²) in [4.78, 5) is 0. The van der Waals surface area contributed by atoms with E-state index in [9.17, 15) is 0 Å². The Balaban J connectivity index is 2.00. The van der Waals surface area contributed by atoms with E-state index in [0.29, 0.717) is 11.5 Å². The predicted octanol–water partition coefficient (Wildman–Crippen LogP) is 2.97. The molecule has 2 unspecified atom stereocenters. The maximum absolute atomic E-state index is 5.58. The topological polar surface area (TPSA) is 21.3 Å². The summed E-state index contributed by atoms with van der Waals surface area (Å²) in [6.45, 7) is 7.87. The summed E-state index contributed by atoms with van der Waals surface area (Å²) in [5, 5.41) is 3.81. The number of hydrogen-bond donors (Lipinski definition) is 1. The van der Waals surface area contributed by atoms with Crippen LogP contribution < -0.4 is 5.32 Å². The lowest BCUT2D eigenvalue weighted by atomic mass is 9.74. The predicted molar refractivity (Wildman–Crippen MR) is 67.6 cm³/mol. The van der Waals surface area contributed by atoms with Gasteiger partial charge in [0.25, 0.3) is 0 Å². The molecular formula is C14H27NO. The molecule has 1 aliphatic carbocycles. The lowest BCUT2D eigenvalue weighted by Gasteiger charge is -2.38. The average Bonchev–Trinajstić information content (AvgIpc) is 2.91. The Morgan fingerprint density at radius 1 is 1.38 bits per heavy atom. The quantitative estimate of drug-likeness (QED) is 0.776. The number of hydrogen-bond acceptors (Lipinski definition) is 2. The van der Waals surface area contributed by atoms with E-state index >= 15 is 0 Å². The molecule has 1 heterocycles. The van der Waals surface area contributed by atoms with E-state index in [-0.39, 0.29) is 0 Å². The van der Waals surface area contributed by atoms with Crippen molar-refractivity contribution in [2.45, 2.75) is 58.4 Å². The van der Waals surface area contributed by atoms with Gasteiger partial charge in [-0.2, -0.15) is 0 Å². The van der Waals surface area contributed by atoms with Crippen molar-refractivity contribution in [1.82, 2.24) is 5.32 Å². The molecule has 1 N–H and O–H groups in total. The fourth-order valence-electron chi connectivity index (χ4n) is 3.59. The van der Waals surface area contributed by atoms with Crippen LogP contribution in [0.3, 0.4) is 0 Å². The molecule has 0 spiro atoms. The Morgan fingerprint density at radius 2 is 2.12 bits per heavy atom. The van der Waals surface area contributed by atoms with E-state index < -0.39 is 0 Å². The number of rotatable bonds is 5. The normalized spacial score (nSPS) is 30.8. The van der Waals surface area contributed by atoms with Crippen molar-refractivity contribution in [2.24, 2.45) is 11.3 Å². The molecule has 1 aliphatic heterocycles. The summed E-state index contributed by atoms with van der Waals surface area (Å²) < 4.78 is 5.58. The molecule has 2 aliphatic rings. The van der Waals surface area contributed by atoms with E-state index in [0.717, 1.165) is 25.7 Å². The molecule has 1 saturated carbocycles. The van der Waals surface area contributed by atoms with Gasteiger partial charge in [-0.05, 0) is 37.6 Å². The van der Waals surface area contributed by atoms with Gasteiger partial charge in [0, 0.05) is 18.6 Å². The van der Waals surface area contributed by atoms with E-state index in [1.165, 1.54) is 38.5 Å². The Hall–Kier alpha value is -0.0800. The van der Waals surface area contributed by atoms with Crippen molar-refractivity contribution < 1.29 is 4.74 Å². The van der Waals surface area contributed by atoms with Crippen LogP contribution in [-0.4, -0.2) is 25.8 Å². The zero-order chi connectivity index (χ0) is 11.4. The highest BCUT2D eigenvalue weighted by Gasteiger charge is 2.41. The van der Waals surface area contributed by atoms with E-state index in [2.05, 4.69) is 19.2 Å². The third-order valence-electron chi connectivity index (χ3n) is 4.55. The van der Waals surface area contributed by atoms with Crippen molar-refractivity contribution >= 4 is 0 Å². The molecule has 0 radical (unpaired) electrons. The maximum atomic E-state index is 5.58. The smallest absolute Gasteiger partial charge is 0.0510 e. The molecule has 0 aromatic carbocycles. The molecule has 16 heavy (non-hydrogen) atoms. The molecule has 2 heteroatoms. The standard InChI is InChI=1S/C14H27NO/c1-3-9-15-13(12-6-10-16-11-12)14(2)7-4-5-8-14/h12-13,15H,3-11H2,1-2H3. The van der Waals surface area contributed by atoms with E-state index in [1.807, 2.05) is 0 Å². The van der Waals surface area contributed by atoms with E-state index in [4.69, 9.17) is 4.74 Å².